The lowest BCUT2D eigenvalue weighted by molar-refractivity contribution is -0.384. The second-order valence-electron chi connectivity index (χ2n) is 10.6. The highest BCUT2D eigenvalue weighted by atomic mass is 32.2. The number of benzene rings is 5. The van der Waals surface area contributed by atoms with Crippen LogP contribution in [0.1, 0.15) is 15.9 Å². The number of hydrogen-bond acceptors (Lipinski definition) is 8. The van der Waals surface area contributed by atoms with Gasteiger partial charge in [-0.2, -0.15) is 0 Å². The molecule has 1 amide bonds. The number of aromatic nitrogens is 2. The van der Waals surface area contributed by atoms with Gasteiger partial charge in [0.2, 0.25) is 0 Å². The van der Waals surface area contributed by atoms with Crippen LogP contribution < -0.4 is 10.0 Å². The van der Waals surface area contributed by atoms with Crippen LogP contribution in [-0.2, 0) is 16.6 Å². The van der Waals surface area contributed by atoms with Gasteiger partial charge in [-0.3, -0.25) is 14.9 Å². The predicted octanol–water partition coefficient (Wildman–Crippen LogP) is 6.98. The van der Waals surface area contributed by atoms with Crippen LogP contribution in [0.4, 0.5) is 11.4 Å². The number of nitro groups is 1. The highest BCUT2D eigenvalue weighted by Gasteiger charge is 2.24. The molecule has 0 aliphatic heterocycles. The Bertz CT molecular complexity index is 2150. The zero-order valence-corrected chi connectivity index (χ0v) is 26.6. The van der Waals surface area contributed by atoms with E-state index in [2.05, 4.69) is 27.0 Å². The number of rotatable bonds is 12. The summed E-state index contributed by atoms with van der Waals surface area (Å²) in [4.78, 5) is 29.3. The van der Waals surface area contributed by atoms with E-state index in [1.54, 1.807) is 30.2 Å². The van der Waals surface area contributed by atoms with Crippen LogP contribution in [0, 0.1) is 10.1 Å². The van der Waals surface area contributed by atoms with Crippen LogP contribution in [0.15, 0.2) is 137 Å². The quantitative estimate of drug-likeness (QED) is 0.0619. The molecule has 12 heteroatoms. The van der Waals surface area contributed by atoms with Crippen LogP contribution in [0.25, 0.3) is 22.2 Å². The highest BCUT2D eigenvalue weighted by Crippen LogP contribution is 2.29. The molecule has 0 saturated carbocycles. The summed E-state index contributed by atoms with van der Waals surface area (Å²) in [5, 5.41) is 14.8. The minimum absolute atomic E-state index is 0.120. The van der Waals surface area contributed by atoms with Crippen molar-refractivity contribution in [3.63, 3.8) is 0 Å². The van der Waals surface area contributed by atoms with Crippen molar-refractivity contribution in [2.75, 3.05) is 17.6 Å². The van der Waals surface area contributed by atoms with Crippen LogP contribution in [0.3, 0.4) is 0 Å². The fourth-order valence-electron chi connectivity index (χ4n) is 5.05. The van der Waals surface area contributed by atoms with E-state index in [4.69, 9.17) is 0 Å². The number of hydrogen-bond donors (Lipinski definition) is 2. The Hall–Kier alpha value is -5.46. The van der Waals surface area contributed by atoms with Crippen LogP contribution >= 0.6 is 11.8 Å². The van der Waals surface area contributed by atoms with Crippen molar-refractivity contribution in [1.29, 1.82) is 0 Å². The summed E-state index contributed by atoms with van der Waals surface area (Å²) in [6, 6.07) is 35.8. The number of thioether (sulfide) groups is 1. The number of sulfonamides is 1. The maximum Gasteiger partial charge on any atom is 0.293 e. The molecule has 5 aromatic carbocycles. The van der Waals surface area contributed by atoms with Gasteiger partial charge >= 0.3 is 0 Å². The first-order valence-corrected chi connectivity index (χ1v) is 17.1. The number of nitro benzene ring substituents is 1. The molecule has 2 N–H and O–H groups in total. The Balaban J connectivity index is 1.11. The van der Waals surface area contributed by atoms with E-state index in [9.17, 15) is 23.3 Å². The second kappa shape index (κ2) is 13.9. The molecular formula is C35H29N5O5S2. The number of nitrogens with one attached hydrogen (secondary N) is 2. The topological polar surface area (TPSA) is 136 Å². The van der Waals surface area contributed by atoms with Crippen molar-refractivity contribution in [3.05, 3.63) is 149 Å². The number of amides is 1. The van der Waals surface area contributed by atoms with Crippen LogP contribution in [-0.4, -0.2) is 41.1 Å². The third-order valence-electron chi connectivity index (χ3n) is 7.43. The minimum atomic E-state index is -4.40. The molecule has 0 spiro atoms. The van der Waals surface area contributed by atoms with E-state index >= 15 is 0 Å². The van der Waals surface area contributed by atoms with Gasteiger partial charge in [0, 0.05) is 35.4 Å². The van der Waals surface area contributed by atoms with Gasteiger partial charge in [-0.25, -0.2) is 18.1 Å². The van der Waals surface area contributed by atoms with Crippen LogP contribution in [0.2, 0.25) is 0 Å². The van der Waals surface area contributed by atoms with E-state index in [1.165, 1.54) is 29.8 Å². The normalized spacial score (nSPS) is 11.3. The smallest absolute Gasteiger partial charge is 0.293 e. The molecule has 0 atom stereocenters. The van der Waals surface area contributed by atoms with E-state index < -0.39 is 31.4 Å². The van der Waals surface area contributed by atoms with Crippen molar-refractivity contribution in [1.82, 2.24) is 14.3 Å². The van der Waals surface area contributed by atoms with Crippen LogP contribution in [0.5, 0.6) is 0 Å². The molecule has 236 valence electrons. The minimum Gasteiger partial charge on any atom is -0.379 e. The molecular weight excluding hydrogens is 635 g/mol. The molecule has 6 rings (SSSR count). The average molecular weight is 664 g/mol. The number of nitrogens with zero attached hydrogens (tertiary/aromatic N) is 3. The first kappa shape index (κ1) is 31.5. The molecule has 0 aliphatic carbocycles. The molecule has 1 aromatic heterocycles. The molecule has 47 heavy (non-hydrogen) atoms. The summed E-state index contributed by atoms with van der Waals surface area (Å²) >= 11 is 1.59. The number of fused-ring (bicyclic) bond motifs is 1. The molecule has 0 bridgehead atoms. The predicted molar refractivity (Wildman–Crippen MR) is 184 cm³/mol. The Labute approximate surface area is 275 Å². The van der Waals surface area contributed by atoms with Gasteiger partial charge in [-0.05, 0) is 65.2 Å². The lowest BCUT2D eigenvalue weighted by Crippen LogP contribution is -2.30. The largest absolute Gasteiger partial charge is 0.379 e. The Morgan fingerprint density at radius 1 is 0.851 bits per heavy atom. The number of carbonyl (C=O) groups is 1. The van der Waals surface area contributed by atoms with Crippen molar-refractivity contribution >= 4 is 50.1 Å². The Morgan fingerprint density at radius 3 is 2.28 bits per heavy atom. The number of anilines is 1. The van der Waals surface area contributed by atoms with Gasteiger partial charge in [-0.15, -0.1) is 11.8 Å². The van der Waals surface area contributed by atoms with Crippen molar-refractivity contribution in [3.8, 4) is 11.1 Å². The number of carbonyl (C=O) groups excluding carboxylic acids is 1. The first-order valence-electron chi connectivity index (χ1n) is 14.6. The van der Waals surface area contributed by atoms with Gasteiger partial charge < -0.3 is 9.88 Å². The summed E-state index contributed by atoms with van der Waals surface area (Å²) in [6.07, 6.45) is 1.81. The van der Waals surface area contributed by atoms with Crippen molar-refractivity contribution in [2.24, 2.45) is 0 Å². The third-order valence-corrected chi connectivity index (χ3v) is 9.77. The summed E-state index contributed by atoms with van der Waals surface area (Å²) in [5.41, 5.74) is 4.60. The van der Waals surface area contributed by atoms with E-state index in [0.717, 1.165) is 33.1 Å². The second-order valence-corrected chi connectivity index (χ2v) is 13.4. The highest BCUT2D eigenvalue weighted by molar-refractivity contribution is 7.99. The van der Waals surface area contributed by atoms with Gasteiger partial charge in [0.15, 0.2) is 0 Å². The molecule has 6 aromatic rings. The zero-order valence-electron chi connectivity index (χ0n) is 24.9. The molecule has 1 heterocycles. The lowest BCUT2D eigenvalue weighted by Gasteiger charge is -2.11. The Morgan fingerprint density at radius 2 is 1.55 bits per heavy atom. The molecule has 0 aliphatic rings. The zero-order chi connectivity index (χ0) is 32.8. The maximum atomic E-state index is 13.1. The first-order chi connectivity index (χ1) is 22.8. The fraction of sp³-hybridized carbons (Fsp3) is 0.0857. The molecule has 0 fully saturated rings. The molecule has 0 saturated heterocycles. The van der Waals surface area contributed by atoms with E-state index in [1.807, 2.05) is 71.5 Å². The summed E-state index contributed by atoms with van der Waals surface area (Å²) in [5.74, 6) is -0.210. The van der Waals surface area contributed by atoms with Gasteiger partial charge in [0.25, 0.3) is 21.6 Å². The van der Waals surface area contributed by atoms with Crippen molar-refractivity contribution in [2.45, 2.75) is 16.3 Å². The van der Waals surface area contributed by atoms with Gasteiger partial charge in [0.05, 0.1) is 27.2 Å². The number of imidazole rings is 1. The Kier molecular flexibility index (Phi) is 9.32. The van der Waals surface area contributed by atoms with E-state index in [-0.39, 0.29) is 11.3 Å². The third kappa shape index (κ3) is 7.51. The van der Waals surface area contributed by atoms with Gasteiger partial charge in [-0.1, -0.05) is 66.7 Å². The molecule has 0 radical (unpaired) electrons. The monoisotopic (exact) mass is 663 g/mol. The SMILES string of the molecule is O=C(NS(=O)(=O)c1ccc(NCCSc2ccccc2)c([N+](=O)[O-])c1)c1ccc(-c2ccc3c(c2)ncn3Cc2ccccc2)cc1. The summed E-state index contributed by atoms with van der Waals surface area (Å²) < 4.78 is 30.2. The van der Waals surface area contributed by atoms with E-state index in [0.29, 0.717) is 18.8 Å². The average Bonchev–Trinajstić information content (AvgIpc) is 3.49. The maximum absolute atomic E-state index is 13.1. The summed E-state index contributed by atoms with van der Waals surface area (Å²) in [7, 11) is -4.40. The van der Waals surface area contributed by atoms with Gasteiger partial charge in [0.1, 0.15) is 5.69 Å². The standard InChI is InChI=1S/C35H29N5O5S2/c41-35(38-47(44,45)30-16-17-31(34(22-30)40(42)43)36-19-20-46-29-9-5-2-6-10-29)27-13-11-26(12-14-27)28-15-18-33-32(21-28)37-24-39(33)23-25-7-3-1-4-8-25/h1-18,21-22,24,36H,19-20,23H2,(H,38,41). The van der Waals surface area contributed by atoms with Crippen molar-refractivity contribution < 1.29 is 18.1 Å². The molecule has 10 nitrogen and oxygen atoms in total. The summed E-state index contributed by atoms with van der Waals surface area (Å²) in [6.45, 7) is 1.12. The lowest BCUT2D eigenvalue weighted by atomic mass is 10.0. The fourth-order valence-corrected chi connectivity index (χ4v) is 6.84. The molecule has 0 unspecified atom stereocenters.